The number of hydrogen-bond acceptors (Lipinski definition) is 5. The number of aromatic hydroxyl groups is 1. The first-order valence-corrected chi connectivity index (χ1v) is 11.4. The molecule has 1 fully saturated rings. The first-order chi connectivity index (χ1) is 15.1. The highest BCUT2D eigenvalue weighted by atomic mass is 32.2. The van der Waals surface area contributed by atoms with E-state index in [0.717, 1.165) is 12.1 Å². The van der Waals surface area contributed by atoms with Crippen molar-refractivity contribution in [1.29, 1.82) is 0 Å². The van der Waals surface area contributed by atoms with Crippen molar-refractivity contribution in [1.82, 2.24) is 10.2 Å². The SMILES string of the molecule is O=C(O)NC(Cc1cc(F)c(O)c(F)c1)C(=O)N1CCC(S(=O)(=O)c2ccccc2)CC1. The normalized spacial score (nSPS) is 15.9. The fourth-order valence-electron chi connectivity index (χ4n) is 3.73. The molecule has 3 rings (SSSR count). The number of halogens is 2. The maximum absolute atomic E-state index is 13.6. The lowest BCUT2D eigenvalue weighted by Crippen LogP contribution is -2.52. The third-order valence-corrected chi connectivity index (χ3v) is 7.65. The summed E-state index contributed by atoms with van der Waals surface area (Å²) >= 11 is 0. The predicted octanol–water partition coefficient (Wildman–Crippen LogP) is 2.31. The molecule has 2 amide bonds. The molecule has 11 heteroatoms. The highest BCUT2D eigenvalue weighted by Gasteiger charge is 2.35. The van der Waals surface area contributed by atoms with Gasteiger partial charge in [-0.1, -0.05) is 18.2 Å². The summed E-state index contributed by atoms with van der Waals surface area (Å²) in [6.07, 6.45) is -1.50. The largest absolute Gasteiger partial charge is 0.503 e. The van der Waals surface area contributed by atoms with Gasteiger partial charge in [0.15, 0.2) is 27.2 Å². The third kappa shape index (κ3) is 5.16. The van der Waals surface area contributed by atoms with Crippen LogP contribution in [0.1, 0.15) is 18.4 Å². The molecule has 1 saturated heterocycles. The molecule has 0 spiro atoms. The van der Waals surface area contributed by atoms with Gasteiger partial charge in [0.2, 0.25) is 5.91 Å². The van der Waals surface area contributed by atoms with E-state index in [-0.39, 0.29) is 42.8 Å². The van der Waals surface area contributed by atoms with Gasteiger partial charge in [-0.2, -0.15) is 0 Å². The standard InChI is InChI=1S/C21H22F2N2O6S/c22-16-10-13(11-17(23)19(16)26)12-18(24-21(28)29)20(27)25-8-6-15(7-9-25)32(30,31)14-4-2-1-3-5-14/h1-5,10-11,15,18,24,26H,6-9,12H2,(H,28,29). The van der Waals surface area contributed by atoms with Crippen LogP contribution in [0, 0.1) is 11.6 Å². The number of likely N-dealkylation sites (tertiary alicyclic amines) is 1. The average molecular weight is 468 g/mol. The summed E-state index contributed by atoms with van der Waals surface area (Å²) in [7, 11) is -3.57. The summed E-state index contributed by atoms with van der Waals surface area (Å²) < 4.78 is 52.8. The number of amides is 2. The first-order valence-electron chi connectivity index (χ1n) is 9.83. The Morgan fingerprint density at radius 2 is 1.66 bits per heavy atom. The Kier molecular flexibility index (Phi) is 6.97. The van der Waals surface area contributed by atoms with E-state index in [4.69, 9.17) is 5.11 Å². The molecule has 2 aromatic carbocycles. The van der Waals surface area contributed by atoms with E-state index in [9.17, 15) is 31.9 Å². The van der Waals surface area contributed by atoms with Crippen LogP contribution in [0.3, 0.4) is 0 Å². The van der Waals surface area contributed by atoms with Crippen LogP contribution < -0.4 is 5.32 Å². The van der Waals surface area contributed by atoms with Crippen LogP contribution in [0.15, 0.2) is 47.4 Å². The van der Waals surface area contributed by atoms with Gasteiger partial charge >= 0.3 is 6.09 Å². The second kappa shape index (κ2) is 9.51. The van der Waals surface area contributed by atoms with Crippen LogP contribution in [0.2, 0.25) is 0 Å². The number of carbonyl (C=O) groups excluding carboxylic acids is 1. The third-order valence-electron chi connectivity index (χ3n) is 5.38. The summed E-state index contributed by atoms with van der Waals surface area (Å²) in [5.41, 5.74) is -0.0218. The molecule has 0 bridgehead atoms. The van der Waals surface area contributed by atoms with Crippen molar-refractivity contribution in [3.8, 4) is 5.75 Å². The number of sulfone groups is 1. The summed E-state index contributed by atoms with van der Waals surface area (Å²) in [6, 6.07) is 8.29. The second-order valence-electron chi connectivity index (χ2n) is 7.50. The van der Waals surface area contributed by atoms with E-state index in [2.05, 4.69) is 0 Å². The van der Waals surface area contributed by atoms with Crippen molar-refractivity contribution >= 4 is 21.8 Å². The summed E-state index contributed by atoms with van der Waals surface area (Å²) in [4.78, 5) is 25.6. The van der Waals surface area contributed by atoms with E-state index in [0.29, 0.717) is 0 Å². The molecule has 1 atom stereocenters. The Balaban J connectivity index is 1.71. The summed E-state index contributed by atoms with van der Waals surface area (Å²) in [6.45, 7) is 0.178. The first kappa shape index (κ1) is 23.5. The molecule has 3 N–H and O–H groups in total. The fourth-order valence-corrected chi connectivity index (χ4v) is 5.48. The highest BCUT2D eigenvalue weighted by molar-refractivity contribution is 7.92. The number of benzene rings is 2. The Hall–Kier alpha value is -3.21. The van der Waals surface area contributed by atoms with Crippen molar-refractivity contribution in [3.05, 3.63) is 59.7 Å². The van der Waals surface area contributed by atoms with Crippen LogP contribution in [-0.2, 0) is 21.1 Å². The molecule has 1 aliphatic rings. The molecule has 0 saturated carbocycles. The Labute approximate surface area is 183 Å². The minimum absolute atomic E-state index is 0.0218. The molecular weight excluding hydrogens is 446 g/mol. The number of carboxylic acid groups (broad SMARTS) is 1. The molecule has 2 aromatic rings. The monoisotopic (exact) mass is 468 g/mol. The maximum atomic E-state index is 13.6. The van der Waals surface area contributed by atoms with Crippen molar-refractivity contribution in [2.24, 2.45) is 0 Å². The van der Waals surface area contributed by atoms with Crippen LogP contribution in [0.4, 0.5) is 13.6 Å². The Bertz CT molecular complexity index is 1080. The maximum Gasteiger partial charge on any atom is 0.405 e. The van der Waals surface area contributed by atoms with Crippen molar-refractivity contribution in [2.45, 2.75) is 35.4 Å². The zero-order valence-corrected chi connectivity index (χ0v) is 17.7. The van der Waals surface area contributed by atoms with E-state index in [1.165, 1.54) is 17.0 Å². The van der Waals surface area contributed by atoms with Gasteiger partial charge in [0.05, 0.1) is 10.1 Å². The van der Waals surface area contributed by atoms with Crippen LogP contribution in [0.25, 0.3) is 0 Å². The molecule has 32 heavy (non-hydrogen) atoms. The molecule has 0 aromatic heterocycles. The average Bonchev–Trinajstić information content (AvgIpc) is 2.77. The lowest BCUT2D eigenvalue weighted by Gasteiger charge is -2.34. The lowest BCUT2D eigenvalue weighted by atomic mass is 10.0. The summed E-state index contributed by atoms with van der Waals surface area (Å²) in [5.74, 6) is -4.25. The van der Waals surface area contributed by atoms with Gasteiger partial charge in [-0.25, -0.2) is 22.0 Å². The molecule has 0 radical (unpaired) electrons. The number of hydrogen-bond donors (Lipinski definition) is 3. The zero-order valence-electron chi connectivity index (χ0n) is 16.9. The van der Waals surface area contributed by atoms with Crippen LogP contribution >= 0.6 is 0 Å². The van der Waals surface area contributed by atoms with Gasteiger partial charge in [-0.05, 0) is 42.7 Å². The molecular formula is C21H22F2N2O6S. The smallest absolute Gasteiger partial charge is 0.405 e. The molecule has 1 unspecified atom stereocenters. The quantitative estimate of drug-likeness (QED) is 0.598. The number of phenols is 1. The molecule has 1 aliphatic heterocycles. The topological polar surface area (TPSA) is 124 Å². The number of piperidine rings is 1. The minimum Gasteiger partial charge on any atom is -0.503 e. The molecule has 8 nitrogen and oxygen atoms in total. The predicted molar refractivity (Wildman–Crippen MR) is 110 cm³/mol. The van der Waals surface area contributed by atoms with Gasteiger partial charge in [-0.3, -0.25) is 4.79 Å². The van der Waals surface area contributed by atoms with Crippen molar-refractivity contribution < 1.29 is 37.0 Å². The van der Waals surface area contributed by atoms with Crippen molar-refractivity contribution in [2.75, 3.05) is 13.1 Å². The Morgan fingerprint density at radius 1 is 1.09 bits per heavy atom. The number of phenolic OH excluding ortho intramolecular Hbond substituents is 1. The molecule has 1 heterocycles. The van der Waals surface area contributed by atoms with Crippen LogP contribution in [0.5, 0.6) is 5.75 Å². The minimum atomic E-state index is -3.57. The second-order valence-corrected chi connectivity index (χ2v) is 9.73. The zero-order chi connectivity index (χ0) is 23.5. The summed E-state index contributed by atoms with van der Waals surface area (Å²) in [5, 5.41) is 19.7. The number of nitrogens with zero attached hydrogens (tertiary/aromatic N) is 1. The lowest BCUT2D eigenvalue weighted by molar-refractivity contribution is -0.134. The van der Waals surface area contributed by atoms with E-state index in [1.807, 2.05) is 5.32 Å². The number of carbonyl (C=O) groups is 2. The van der Waals surface area contributed by atoms with Crippen molar-refractivity contribution in [3.63, 3.8) is 0 Å². The van der Waals surface area contributed by atoms with E-state index >= 15 is 0 Å². The number of rotatable bonds is 6. The van der Waals surface area contributed by atoms with Gasteiger partial charge in [0, 0.05) is 19.5 Å². The highest BCUT2D eigenvalue weighted by Crippen LogP contribution is 2.26. The van der Waals surface area contributed by atoms with E-state index < -0.39 is 50.5 Å². The van der Waals surface area contributed by atoms with Crippen LogP contribution in [-0.4, -0.2) is 59.9 Å². The molecule has 0 aliphatic carbocycles. The van der Waals surface area contributed by atoms with Gasteiger partial charge < -0.3 is 20.4 Å². The Morgan fingerprint density at radius 3 is 2.19 bits per heavy atom. The van der Waals surface area contributed by atoms with Gasteiger partial charge in [0.25, 0.3) is 0 Å². The molecule has 172 valence electrons. The fraction of sp³-hybridized carbons (Fsp3) is 0.333. The van der Waals surface area contributed by atoms with Gasteiger partial charge in [-0.15, -0.1) is 0 Å². The number of nitrogens with one attached hydrogen (secondary N) is 1. The van der Waals surface area contributed by atoms with Gasteiger partial charge in [0.1, 0.15) is 6.04 Å². The van der Waals surface area contributed by atoms with E-state index in [1.54, 1.807) is 18.2 Å².